The minimum atomic E-state index is 0.128. The van der Waals surface area contributed by atoms with Gasteiger partial charge in [-0.2, -0.15) is 0 Å². The molecule has 1 aromatic rings. The molecule has 19 heavy (non-hydrogen) atoms. The van der Waals surface area contributed by atoms with Crippen LogP contribution in [0.1, 0.15) is 18.4 Å². The Hall–Kier alpha value is -0.650. The van der Waals surface area contributed by atoms with E-state index in [4.69, 9.17) is 0 Å². The predicted molar refractivity (Wildman–Crippen MR) is 84.3 cm³/mol. The predicted octanol–water partition coefficient (Wildman–Crippen LogP) is 2.98. The summed E-state index contributed by atoms with van der Waals surface area (Å²) >= 11 is 5.05. The van der Waals surface area contributed by atoms with Crippen molar-refractivity contribution in [3.63, 3.8) is 0 Å². The highest BCUT2D eigenvalue weighted by Crippen LogP contribution is 2.22. The van der Waals surface area contributed by atoms with Crippen LogP contribution in [0.3, 0.4) is 0 Å². The van der Waals surface area contributed by atoms with E-state index in [1.807, 2.05) is 29.5 Å². The Morgan fingerprint density at radius 2 is 2.53 bits per heavy atom. The van der Waals surface area contributed by atoms with Gasteiger partial charge in [-0.25, -0.2) is 0 Å². The van der Waals surface area contributed by atoms with E-state index in [0.29, 0.717) is 5.92 Å². The number of piperidine rings is 1. The topological polar surface area (TPSA) is 32.3 Å². The van der Waals surface area contributed by atoms with Crippen LogP contribution >= 0.6 is 27.3 Å². The average molecular weight is 343 g/mol. The van der Waals surface area contributed by atoms with Crippen LogP contribution in [0.15, 0.2) is 21.3 Å². The van der Waals surface area contributed by atoms with E-state index in [2.05, 4.69) is 21.2 Å². The van der Waals surface area contributed by atoms with Crippen LogP contribution in [-0.4, -0.2) is 37.5 Å². The van der Waals surface area contributed by atoms with Crippen molar-refractivity contribution in [3.05, 3.63) is 26.9 Å². The van der Waals surface area contributed by atoms with E-state index in [1.54, 1.807) is 17.4 Å². The van der Waals surface area contributed by atoms with Crippen molar-refractivity contribution in [2.45, 2.75) is 12.8 Å². The highest BCUT2D eigenvalue weighted by atomic mass is 79.9. The van der Waals surface area contributed by atoms with Gasteiger partial charge >= 0.3 is 0 Å². The third kappa shape index (κ3) is 4.44. The first kappa shape index (κ1) is 14.8. The largest absolute Gasteiger partial charge is 0.339 e. The Morgan fingerprint density at radius 3 is 3.21 bits per heavy atom. The first-order chi connectivity index (χ1) is 9.19. The first-order valence-corrected chi connectivity index (χ1v) is 8.22. The summed E-state index contributed by atoms with van der Waals surface area (Å²) in [5, 5.41) is 5.23. The minimum Gasteiger partial charge on any atom is -0.339 e. The zero-order valence-corrected chi connectivity index (χ0v) is 13.5. The molecule has 1 aromatic heterocycles. The second-order valence-corrected chi connectivity index (χ2v) is 7.16. The fourth-order valence-electron chi connectivity index (χ4n) is 2.40. The van der Waals surface area contributed by atoms with Crippen molar-refractivity contribution in [3.8, 4) is 0 Å². The van der Waals surface area contributed by atoms with Crippen LogP contribution in [0.25, 0.3) is 6.08 Å². The number of halogens is 1. The van der Waals surface area contributed by atoms with Gasteiger partial charge in [-0.05, 0) is 71.4 Å². The van der Waals surface area contributed by atoms with Gasteiger partial charge in [0.25, 0.3) is 0 Å². The Morgan fingerprint density at radius 1 is 1.68 bits per heavy atom. The Kier molecular flexibility index (Phi) is 5.60. The van der Waals surface area contributed by atoms with Gasteiger partial charge in [0.2, 0.25) is 5.91 Å². The molecular formula is C14H19BrN2OS. The third-order valence-corrected chi connectivity index (χ3v) is 4.85. The number of carbonyl (C=O) groups is 1. The van der Waals surface area contributed by atoms with Gasteiger partial charge in [0.15, 0.2) is 0 Å². The molecule has 1 fully saturated rings. The normalized spacial score (nSPS) is 20.1. The maximum absolute atomic E-state index is 12.1. The molecule has 0 spiro atoms. The smallest absolute Gasteiger partial charge is 0.246 e. The number of carbonyl (C=O) groups excluding carboxylic acids is 1. The molecule has 1 amide bonds. The Bertz CT molecular complexity index is 456. The summed E-state index contributed by atoms with van der Waals surface area (Å²) in [6.07, 6.45) is 5.91. The summed E-state index contributed by atoms with van der Waals surface area (Å²) in [7, 11) is 1.97. The van der Waals surface area contributed by atoms with E-state index in [0.717, 1.165) is 35.4 Å². The highest BCUT2D eigenvalue weighted by molar-refractivity contribution is 9.11. The first-order valence-electron chi connectivity index (χ1n) is 6.54. The van der Waals surface area contributed by atoms with Gasteiger partial charge in [0, 0.05) is 19.2 Å². The van der Waals surface area contributed by atoms with Crippen LogP contribution in [0.4, 0.5) is 0 Å². The van der Waals surface area contributed by atoms with E-state index in [-0.39, 0.29) is 5.91 Å². The number of likely N-dealkylation sites (tertiary alicyclic amines) is 1. The van der Waals surface area contributed by atoms with Crippen molar-refractivity contribution in [1.29, 1.82) is 0 Å². The number of nitrogens with one attached hydrogen (secondary N) is 1. The van der Waals surface area contributed by atoms with E-state index in [9.17, 15) is 4.79 Å². The van der Waals surface area contributed by atoms with Gasteiger partial charge in [-0.3, -0.25) is 4.79 Å². The maximum atomic E-state index is 12.1. The van der Waals surface area contributed by atoms with Crippen LogP contribution in [-0.2, 0) is 4.79 Å². The van der Waals surface area contributed by atoms with Crippen molar-refractivity contribution in [2.75, 3.05) is 26.7 Å². The second kappa shape index (κ2) is 7.22. The van der Waals surface area contributed by atoms with Gasteiger partial charge < -0.3 is 10.2 Å². The third-order valence-electron chi connectivity index (χ3n) is 3.33. The fraction of sp³-hybridized carbons (Fsp3) is 0.500. The molecular weight excluding hydrogens is 324 g/mol. The van der Waals surface area contributed by atoms with Crippen molar-refractivity contribution in [1.82, 2.24) is 10.2 Å². The van der Waals surface area contributed by atoms with Crippen molar-refractivity contribution < 1.29 is 4.79 Å². The number of hydrogen-bond acceptors (Lipinski definition) is 3. The second-order valence-electron chi connectivity index (χ2n) is 4.87. The molecule has 1 N–H and O–H groups in total. The lowest BCUT2D eigenvalue weighted by atomic mass is 9.98. The molecule has 3 nitrogen and oxygen atoms in total. The molecule has 2 rings (SSSR count). The van der Waals surface area contributed by atoms with E-state index in [1.165, 1.54) is 6.42 Å². The van der Waals surface area contributed by atoms with Gasteiger partial charge in [-0.15, -0.1) is 11.3 Å². The van der Waals surface area contributed by atoms with Crippen LogP contribution in [0.5, 0.6) is 0 Å². The fourth-order valence-corrected chi connectivity index (χ4v) is 3.55. The van der Waals surface area contributed by atoms with Crippen LogP contribution in [0, 0.1) is 5.92 Å². The molecule has 0 aromatic carbocycles. The lowest BCUT2D eigenvalue weighted by Crippen LogP contribution is -2.41. The lowest BCUT2D eigenvalue weighted by Gasteiger charge is -2.32. The maximum Gasteiger partial charge on any atom is 0.246 e. The molecule has 1 unspecified atom stereocenters. The lowest BCUT2D eigenvalue weighted by molar-refractivity contribution is -0.127. The number of amides is 1. The molecule has 1 aliphatic rings. The quantitative estimate of drug-likeness (QED) is 0.853. The monoisotopic (exact) mass is 342 g/mol. The van der Waals surface area contributed by atoms with E-state index >= 15 is 0 Å². The molecule has 104 valence electrons. The molecule has 0 bridgehead atoms. The van der Waals surface area contributed by atoms with Crippen molar-refractivity contribution >= 4 is 39.2 Å². The molecule has 0 saturated carbocycles. The Labute approximate surface area is 126 Å². The summed E-state index contributed by atoms with van der Waals surface area (Å²) in [5.41, 5.74) is 1.08. The van der Waals surface area contributed by atoms with Crippen LogP contribution < -0.4 is 5.32 Å². The van der Waals surface area contributed by atoms with Gasteiger partial charge in [-0.1, -0.05) is 0 Å². The van der Waals surface area contributed by atoms with Gasteiger partial charge in [0.1, 0.15) is 0 Å². The molecule has 0 aliphatic carbocycles. The summed E-state index contributed by atoms with van der Waals surface area (Å²) in [4.78, 5) is 14.1. The molecule has 2 heterocycles. The molecule has 0 radical (unpaired) electrons. The standard InChI is InChI=1S/C14H19BrN2OS/c1-16-8-12-3-2-6-17(9-12)14(18)5-4-11-7-13(15)19-10-11/h4-5,7,10,12,16H,2-3,6,8-9H2,1H3. The zero-order valence-electron chi connectivity index (χ0n) is 11.1. The molecule has 1 saturated heterocycles. The number of hydrogen-bond donors (Lipinski definition) is 1. The number of nitrogens with zero attached hydrogens (tertiary/aromatic N) is 1. The number of rotatable bonds is 4. The van der Waals surface area contributed by atoms with Gasteiger partial charge in [0.05, 0.1) is 3.79 Å². The minimum absolute atomic E-state index is 0.128. The van der Waals surface area contributed by atoms with E-state index < -0.39 is 0 Å². The molecule has 5 heteroatoms. The summed E-state index contributed by atoms with van der Waals surface area (Å²) in [6.45, 7) is 2.75. The molecule has 1 aliphatic heterocycles. The summed E-state index contributed by atoms with van der Waals surface area (Å²) in [5.74, 6) is 0.717. The zero-order chi connectivity index (χ0) is 13.7. The van der Waals surface area contributed by atoms with Crippen LogP contribution in [0.2, 0.25) is 0 Å². The summed E-state index contributed by atoms with van der Waals surface area (Å²) in [6, 6.07) is 2.02. The summed E-state index contributed by atoms with van der Waals surface area (Å²) < 4.78 is 1.09. The average Bonchev–Trinajstić information content (AvgIpc) is 2.82. The SMILES string of the molecule is CNCC1CCCN(C(=O)C=Cc2csc(Br)c2)C1. The molecule has 1 atom stereocenters. The highest BCUT2D eigenvalue weighted by Gasteiger charge is 2.21. The van der Waals surface area contributed by atoms with Crippen molar-refractivity contribution in [2.24, 2.45) is 5.92 Å². The number of thiophene rings is 1. The Balaban J connectivity index is 1.90.